The maximum Gasteiger partial charge on any atom is 0.308 e. The lowest BCUT2D eigenvalue weighted by atomic mass is 9.95. The molecule has 0 spiro atoms. The lowest BCUT2D eigenvalue weighted by molar-refractivity contribution is -0.141. The zero-order chi connectivity index (χ0) is 15.7. The van der Waals surface area contributed by atoms with E-state index in [0.29, 0.717) is 6.54 Å². The minimum Gasteiger partial charge on any atom is -0.481 e. The van der Waals surface area contributed by atoms with Gasteiger partial charge in [0.25, 0.3) is 0 Å². The minimum atomic E-state index is -0.683. The molecule has 0 saturated carbocycles. The summed E-state index contributed by atoms with van der Waals surface area (Å²) in [6.07, 6.45) is 2.61. The first-order valence-electron chi connectivity index (χ1n) is 7.97. The van der Waals surface area contributed by atoms with Gasteiger partial charge in [-0.1, -0.05) is 25.1 Å². The molecule has 1 saturated heterocycles. The number of hydrogen-bond donors (Lipinski definition) is 1. The van der Waals surface area contributed by atoms with E-state index in [4.69, 9.17) is 4.98 Å². The van der Waals surface area contributed by atoms with Crippen LogP contribution in [-0.4, -0.2) is 29.1 Å². The Labute approximate surface area is 130 Å². The summed E-state index contributed by atoms with van der Waals surface area (Å²) in [6, 6.07) is 8.16. The fraction of sp³-hybridized carbons (Fsp3) is 0.444. The van der Waals surface area contributed by atoms with E-state index >= 15 is 0 Å². The summed E-state index contributed by atoms with van der Waals surface area (Å²) in [6.45, 7) is 5.70. The average Bonchev–Trinajstić information content (AvgIpc) is 2.53. The molecule has 1 aliphatic rings. The predicted molar refractivity (Wildman–Crippen MR) is 88.4 cm³/mol. The van der Waals surface area contributed by atoms with Crippen LogP contribution in [0.1, 0.15) is 31.0 Å². The highest BCUT2D eigenvalue weighted by molar-refractivity contribution is 5.94. The van der Waals surface area contributed by atoms with Crippen LogP contribution in [0.3, 0.4) is 0 Å². The van der Waals surface area contributed by atoms with Gasteiger partial charge < -0.3 is 10.0 Å². The number of pyridine rings is 1. The standard InChI is InChI=1S/C18H22N2O2/c1-3-14-12(2)19-16-9-5-4-8-15(16)17(14)20-10-6-7-13(11-20)18(21)22/h4-5,8-9,13H,3,6-7,10-11H2,1-2H3,(H,21,22). The maximum absolute atomic E-state index is 11.4. The summed E-state index contributed by atoms with van der Waals surface area (Å²) in [4.78, 5) is 18.4. The number of carbonyl (C=O) groups is 1. The largest absolute Gasteiger partial charge is 0.481 e. The molecular formula is C18H22N2O2. The highest BCUT2D eigenvalue weighted by atomic mass is 16.4. The van der Waals surface area contributed by atoms with Gasteiger partial charge in [-0.05, 0) is 37.8 Å². The second-order valence-electron chi connectivity index (χ2n) is 6.02. The van der Waals surface area contributed by atoms with Gasteiger partial charge in [-0.25, -0.2) is 0 Å². The summed E-state index contributed by atoms with van der Waals surface area (Å²) in [7, 11) is 0. The van der Waals surface area contributed by atoms with Crippen molar-refractivity contribution in [3.05, 3.63) is 35.5 Å². The molecule has 4 nitrogen and oxygen atoms in total. The lowest BCUT2D eigenvalue weighted by Gasteiger charge is -2.35. The van der Waals surface area contributed by atoms with Crippen molar-refractivity contribution < 1.29 is 9.90 Å². The number of rotatable bonds is 3. The van der Waals surface area contributed by atoms with E-state index in [9.17, 15) is 9.90 Å². The van der Waals surface area contributed by atoms with Crippen LogP contribution < -0.4 is 4.90 Å². The molecule has 0 aliphatic carbocycles. The number of carboxylic acid groups (broad SMARTS) is 1. The lowest BCUT2D eigenvalue weighted by Crippen LogP contribution is -2.39. The van der Waals surface area contributed by atoms with Crippen molar-refractivity contribution in [1.82, 2.24) is 4.98 Å². The van der Waals surface area contributed by atoms with Crippen molar-refractivity contribution in [2.75, 3.05) is 18.0 Å². The Hall–Kier alpha value is -2.10. The second-order valence-corrected chi connectivity index (χ2v) is 6.02. The highest BCUT2D eigenvalue weighted by Gasteiger charge is 2.28. The molecule has 1 atom stereocenters. The Morgan fingerprint density at radius 2 is 2.18 bits per heavy atom. The number of anilines is 1. The highest BCUT2D eigenvalue weighted by Crippen LogP contribution is 2.34. The quantitative estimate of drug-likeness (QED) is 0.943. The first-order chi connectivity index (χ1) is 10.6. The maximum atomic E-state index is 11.4. The van der Waals surface area contributed by atoms with E-state index in [1.807, 2.05) is 25.1 Å². The number of nitrogens with zero attached hydrogens (tertiary/aromatic N) is 2. The molecular weight excluding hydrogens is 276 g/mol. The number of benzene rings is 1. The fourth-order valence-corrected chi connectivity index (χ4v) is 3.52. The third kappa shape index (κ3) is 2.54. The number of aliphatic carboxylic acids is 1. The van der Waals surface area contributed by atoms with Crippen molar-refractivity contribution >= 4 is 22.6 Å². The molecule has 3 rings (SSSR count). The molecule has 0 radical (unpaired) electrons. The van der Waals surface area contributed by atoms with E-state index in [-0.39, 0.29) is 5.92 Å². The third-order valence-corrected chi connectivity index (χ3v) is 4.61. The molecule has 1 aromatic heterocycles. The van der Waals surface area contributed by atoms with E-state index in [2.05, 4.69) is 17.9 Å². The van der Waals surface area contributed by atoms with E-state index in [1.54, 1.807) is 0 Å². The Kier molecular flexibility index (Phi) is 4.01. The van der Waals surface area contributed by atoms with Gasteiger partial charge in [0.2, 0.25) is 0 Å². The molecule has 1 fully saturated rings. The Bertz CT molecular complexity index is 712. The molecule has 116 valence electrons. The molecule has 0 bridgehead atoms. The summed E-state index contributed by atoms with van der Waals surface area (Å²) in [5.74, 6) is -0.955. The normalized spacial score (nSPS) is 18.6. The minimum absolute atomic E-state index is 0.273. The number of fused-ring (bicyclic) bond motifs is 1. The van der Waals surface area contributed by atoms with Crippen LogP contribution in [0.15, 0.2) is 24.3 Å². The summed E-state index contributed by atoms with van der Waals surface area (Å²) >= 11 is 0. The zero-order valence-corrected chi connectivity index (χ0v) is 13.2. The Balaban J connectivity index is 2.13. The number of hydrogen-bond acceptors (Lipinski definition) is 3. The van der Waals surface area contributed by atoms with Gasteiger partial charge in [-0.2, -0.15) is 0 Å². The topological polar surface area (TPSA) is 53.4 Å². The molecule has 1 aliphatic heterocycles. The van der Waals surface area contributed by atoms with E-state index in [1.165, 1.54) is 11.3 Å². The Morgan fingerprint density at radius 3 is 2.91 bits per heavy atom. The second kappa shape index (κ2) is 5.95. The van der Waals surface area contributed by atoms with E-state index < -0.39 is 5.97 Å². The SMILES string of the molecule is CCc1c(C)nc2ccccc2c1N1CCCC(C(=O)O)C1. The first kappa shape index (κ1) is 14.8. The van der Waals surface area contributed by atoms with Crippen molar-refractivity contribution in [3.63, 3.8) is 0 Å². The van der Waals surface area contributed by atoms with Crippen LogP contribution in [0.25, 0.3) is 10.9 Å². The average molecular weight is 298 g/mol. The fourth-order valence-electron chi connectivity index (χ4n) is 3.52. The number of carboxylic acids is 1. The number of para-hydroxylation sites is 1. The van der Waals surface area contributed by atoms with Gasteiger partial charge in [-0.3, -0.25) is 9.78 Å². The summed E-state index contributed by atoms with van der Waals surface area (Å²) in [5.41, 5.74) is 4.47. The van der Waals surface area contributed by atoms with Crippen LogP contribution in [0.2, 0.25) is 0 Å². The predicted octanol–water partition coefficient (Wildman–Crippen LogP) is 3.41. The van der Waals surface area contributed by atoms with Crippen molar-refractivity contribution in [2.45, 2.75) is 33.1 Å². The van der Waals surface area contributed by atoms with Crippen LogP contribution in [-0.2, 0) is 11.2 Å². The van der Waals surface area contributed by atoms with Gasteiger partial charge in [-0.15, -0.1) is 0 Å². The molecule has 1 aromatic carbocycles. The van der Waals surface area contributed by atoms with Gasteiger partial charge >= 0.3 is 5.97 Å². The van der Waals surface area contributed by atoms with Gasteiger partial charge in [0.05, 0.1) is 17.1 Å². The zero-order valence-electron chi connectivity index (χ0n) is 13.2. The first-order valence-corrected chi connectivity index (χ1v) is 7.97. The summed E-state index contributed by atoms with van der Waals surface area (Å²) in [5, 5.41) is 10.5. The molecule has 2 heterocycles. The van der Waals surface area contributed by atoms with Gasteiger partial charge in [0, 0.05) is 24.2 Å². The van der Waals surface area contributed by atoms with Crippen LogP contribution in [0, 0.1) is 12.8 Å². The van der Waals surface area contributed by atoms with Crippen molar-refractivity contribution in [1.29, 1.82) is 0 Å². The van der Waals surface area contributed by atoms with Crippen LogP contribution in [0.4, 0.5) is 5.69 Å². The van der Waals surface area contributed by atoms with Gasteiger partial charge in [0.1, 0.15) is 0 Å². The Morgan fingerprint density at radius 1 is 1.41 bits per heavy atom. The molecule has 1 N–H and O–H groups in total. The number of piperidine rings is 1. The van der Waals surface area contributed by atoms with Crippen LogP contribution in [0.5, 0.6) is 0 Å². The smallest absolute Gasteiger partial charge is 0.308 e. The number of aryl methyl sites for hydroxylation is 1. The molecule has 1 unspecified atom stereocenters. The van der Waals surface area contributed by atoms with Gasteiger partial charge in [0.15, 0.2) is 0 Å². The number of aromatic nitrogens is 1. The molecule has 2 aromatic rings. The van der Waals surface area contributed by atoms with Crippen molar-refractivity contribution in [3.8, 4) is 0 Å². The van der Waals surface area contributed by atoms with E-state index in [0.717, 1.165) is 42.4 Å². The van der Waals surface area contributed by atoms with Crippen molar-refractivity contribution in [2.24, 2.45) is 5.92 Å². The molecule has 4 heteroatoms. The molecule has 22 heavy (non-hydrogen) atoms. The monoisotopic (exact) mass is 298 g/mol. The van der Waals surface area contributed by atoms with Crippen LogP contribution >= 0.6 is 0 Å². The molecule has 0 amide bonds. The third-order valence-electron chi connectivity index (χ3n) is 4.61. The summed E-state index contributed by atoms with van der Waals surface area (Å²) < 4.78 is 0.